The second kappa shape index (κ2) is 6.72. The van der Waals surface area contributed by atoms with Crippen LogP contribution in [0, 0.1) is 0 Å². The maximum atomic E-state index is 6.06. The lowest BCUT2D eigenvalue weighted by atomic mass is 10.0. The van der Waals surface area contributed by atoms with Gasteiger partial charge in [0.05, 0.1) is 11.7 Å². The zero-order valence-corrected chi connectivity index (χ0v) is 13.8. The molecule has 2 aromatic rings. The monoisotopic (exact) mass is 356 g/mol. The van der Waals surface area contributed by atoms with Gasteiger partial charge in [-0.05, 0) is 43.7 Å². The first-order valence-electron chi connectivity index (χ1n) is 6.46. The molecule has 0 bridgehead atoms. The lowest BCUT2D eigenvalue weighted by molar-refractivity contribution is 0.506. The maximum Gasteiger partial charge on any atom is 0.0644 e. The van der Waals surface area contributed by atoms with Crippen LogP contribution >= 0.6 is 27.5 Å². The van der Waals surface area contributed by atoms with E-state index in [4.69, 9.17) is 17.4 Å². The van der Waals surface area contributed by atoms with E-state index in [1.165, 1.54) is 0 Å². The first kappa shape index (κ1) is 15.5. The minimum atomic E-state index is -0.0430. The van der Waals surface area contributed by atoms with E-state index >= 15 is 0 Å². The van der Waals surface area contributed by atoms with Crippen molar-refractivity contribution in [2.24, 2.45) is 5.84 Å². The summed E-state index contributed by atoms with van der Waals surface area (Å²) in [5.74, 6) is 5.69. The summed E-state index contributed by atoms with van der Waals surface area (Å²) < 4.78 is 2.92. The number of rotatable bonds is 5. The van der Waals surface area contributed by atoms with Crippen LogP contribution in [0.2, 0.25) is 5.02 Å². The van der Waals surface area contributed by atoms with Gasteiger partial charge in [-0.15, -0.1) is 0 Å². The van der Waals surface area contributed by atoms with Gasteiger partial charge in [-0.1, -0.05) is 27.5 Å². The molecule has 4 nitrogen and oxygen atoms in total. The maximum absolute atomic E-state index is 6.06. The highest BCUT2D eigenvalue weighted by atomic mass is 79.9. The Morgan fingerprint density at radius 3 is 2.75 bits per heavy atom. The lowest BCUT2D eigenvalue weighted by Gasteiger charge is -2.17. The Kier molecular flexibility index (Phi) is 5.21. The molecule has 0 aliphatic carbocycles. The van der Waals surface area contributed by atoms with Crippen LogP contribution in [0.15, 0.2) is 34.9 Å². The number of hydrogen-bond acceptors (Lipinski definition) is 3. The first-order valence-corrected chi connectivity index (χ1v) is 7.63. The van der Waals surface area contributed by atoms with Crippen molar-refractivity contribution in [1.29, 1.82) is 0 Å². The summed E-state index contributed by atoms with van der Waals surface area (Å²) in [6.07, 6.45) is 2.69. The highest BCUT2D eigenvalue weighted by molar-refractivity contribution is 9.10. The zero-order valence-electron chi connectivity index (χ0n) is 11.5. The molecule has 1 aromatic heterocycles. The smallest absolute Gasteiger partial charge is 0.0644 e. The molecule has 0 fully saturated rings. The molecule has 6 heteroatoms. The standard InChI is InChI=1S/C14H18BrClN4/c1-9(2)20-6-5-11(19-20)8-14(18-17)12-7-10(16)3-4-13(12)15/h3-7,9,14,18H,8,17H2,1-2H3. The van der Waals surface area contributed by atoms with E-state index < -0.39 is 0 Å². The summed E-state index contributed by atoms with van der Waals surface area (Å²) in [7, 11) is 0. The average Bonchev–Trinajstić information content (AvgIpc) is 2.88. The molecule has 3 N–H and O–H groups in total. The fraction of sp³-hybridized carbons (Fsp3) is 0.357. The molecule has 1 heterocycles. The van der Waals surface area contributed by atoms with Gasteiger partial charge in [0.25, 0.3) is 0 Å². The molecular weight excluding hydrogens is 340 g/mol. The summed E-state index contributed by atoms with van der Waals surface area (Å²) in [6, 6.07) is 8.01. The second-order valence-corrected chi connectivity index (χ2v) is 6.26. The second-order valence-electron chi connectivity index (χ2n) is 4.97. The molecule has 108 valence electrons. The molecule has 1 unspecified atom stereocenters. The van der Waals surface area contributed by atoms with Crippen molar-refractivity contribution >= 4 is 27.5 Å². The third-order valence-corrected chi connectivity index (χ3v) is 4.10. The Hall–Kier alpha value is -0.880. The van der Waals surface area contributed by atoms with Gasteiger partial charge < -0.3 is 0 Å². The van der Waals surface area contributed by atoms with E-state index in [-0.39, 0.29) is 6.04 Å². The van der Waals surface area contributed by atoms with Crippen LogP contribution in [-0.2, 0) is 6.42 Å². The van der Waals surface area contributed by atoms with Crippen molar-refractivity contribution in [3.8, 4) is 0 Å². The number of nitrogens with one attached hydrogen (secondary N) is 1. The van der Waals surface area contributed by atoms with Gasteiger partial charge in [-0.3, -0.25) is 16.0 Å². The molecule has 0 amide bonds. The van der Waals surface area contributed by atoms with Gasteiger partial charge in [0.1, 0.15) is 0 Å². The molecule has 0 aliphatic heterocycles. The molecule has 1 aromatic carbocycles. The number of nitrogens with zero attached hydrogens (tertiary/aromatic N) is 2. The minimum Gasteiger partial charge on any atom is -0.271 e. The molecule has 0 aliphatic rings. The molecule has 0 saturated heterocycles. The average molecular weight is 358 g/mol. The predicted molar refractivity (Wildman–Crippen MR) is 85.5 cm³/mol. The van der Waals surface area contributed by atoms with Gasteiger partial charge in [-0.25, -0.2) is 0 Å². The number of nitrogens with two attached hydrogens (primary N) is 1. The Balaban J connectivity index is 2.21. The van der Waals surface area contributed by atoms with Crippen LogP contribution in [0.25, 0.3) is 0 Å². The van der Waals surface area contributed by atoms with Crippen LogP contribution in [0.1, 0.15) is 37.2 Å². The van der Waals surface area contributed by atoms with Crippen molar-refractivity contribution in [3.63, 3.8) is 0 Å². The topological polar surface area (TPSA) is 55.9 Å². The SMILES string of the molecule is CC(C)n1ccc(CC(NN)c2cc(Cl)ccc2Br)n1. The summed E-state index contributed by atoms with van der Waals surface area (Å²) in [5.41, 5.74) is 4.86. The number of benzene rings is 1. The largest absolute Gasteiger partial charge is 0.271 e. The minimum absolute atomic E-state index is 0.0430. The molecule has 2 rings (SSSR count). The van der Waals surface area contributed by atoms with Gasteiger partial charge in [0, 0.05) is 28.2 Å². The fourth-order valence-electron chi connectivity index (χ4n) is 2.02. The molecule has 20 heavy (non-hydrogen) atoms. The van der Waals surface area contributed by atoms with Crippen LogP contribution in [-0.4, -0.2) is 9.78 Å². The number of aromatic nitrogens is 2. The van der Waals surface area contributed by atoms with Gasteiger partial charge in [0.2, 0.25) is 0 Å². The molecule has 0 spiro atoms. The molecule has 0 saturated carbocycles. The highest BCUT2D eigenvalue weighted by Crippen LogP contribution is 2.28. The fourth-order valence-corrected chi connectivity index (χ4v) is 2.73. The summed E-state index contributed by atoms with van der Waals surface area (Å²) >= 11 is 9.59. The predicted octanol–water partition coefficient (Wildman–Crippen LogP) is 3.63. The quantitative estimate of drug-likeness (QED) is 0.634. The highest BCUT2D eigenvalue weighted by Gasteiger charge is 2.16. The van der Waals surface area contributed by atoms with E-state index in [2.05, 4.69) is 40.3 Å². The normalized spacial score (nSPS) is 12.9. The zero-order chi connectivity index (χ0) is 14.7. The Morgan fingerprint density at radius 2 is 2.15 bits per heavy atom. The summed E-state index contributed by atoms with van der Waals surface area (Å²) in [6.45, 7) is 4.20. The Morgan fingerprint density at radius 1 is 1.40 bits per heavy atom. The molecule has 1 atom stereocenters. The lowest BCUT2D eigenvalue weighted by Crippen LogP contribution is -2.30. The third kappa shape index (κ3) is 3.61. The van der Waals surface area contributed by atoms with E-state index in [1.807, 2.05) is 35.1 Å². The van der Waals surface area contributed by atoms with Gasteiger partial charge >= 0.3 is 0 Å². The Bertz CT molecular complexity index is 582. The van der Waals surface area contributed by atoms with Gasteiger partial charge in [0.15, 0.2) is 0 Å². The van der Waals surface area contributed by atoms with Crippen LogP contribution in [0.4, 0.5) is 0 Å². The number of hydrazine groups is 1. The molecular formula is C14H18BrClN4. The van der Waals surface area contributed by atoms with E-state index in [9.17, 15) is 0 Å². The van der Waals surface area contributed by atoms with Crippen LogP contribution in [0.5, 0.6) is 0 Å². The van der Waals surface area contributed by atoms with Crippen molar-refractivity contribution in [2.75, 3.05) is 0 Å². The van der Waals surface area contributed by atoms with E-state index in [0.717, 1.165) is 15.7 Å². The number of halogens is 2. The van der Waals surface area contributed by atoms with Crippen molar-refractivity contribution < 1.29 is 0 Å². The van der Waals surface area contributed by atoms with Gasteiger partial charge in [-0.2, -0.15) is 5.10 Å². The third-order valence-electron chi connectivity index (χ3n) is 3.14. The number of hydrogen-bond donors (Lipinski definition) is 2. The van der Waals surface area contributed by atoms with Crippen LogP contribution in [0.3, 0.4) is 0 Å². The first-order chi connectivity index (χ1) is 9.51. The molecule has 0 radical (unpaired) electrons. The Labute approximate surface area is 132 Å². The van der Waals surface area contributed by atoms with Crippen molar-refractivity contribution in [1.82, 2.24) is 15.2 Å². The summed E-state index contributed by atoms with van der Waals surface area (Å²) in [4.78, 5) is 0. The van der Waals surface area contributed by atoms with Crippen molar-refractivity contribution in [3.05, 3.63) is 51.2 Å². The van der Waals surface area contributed by atoms with Crippen LogP contribution < -0.4 is 11.3 Å². The summed E-state index contributed by atoms with van der Waals surface area (Å²) in [5, 5.41) is 5.24. The van der Waals surface area contributed by atoms with E-state index in [1.54, 1.807) is 0 Å². The van der Waals surface area contributed by atoms with Crippen molar-refractivity contribution in [2.45, 2.75) is 32.4 Å². The van der Waals surface area contributed by atoms with E-state index in [0.29, 0.717) is 17.5 Å².